The number of fused-ring (bicyclic) bond motifs is 1. The van der Waals surface area contributed by atoms with Crippen molar-refractivity contribution in [2.24, 2.45) is 0 Å². The highest BCUT2D eigenvalue weighted by Crippen LogP contribution is 2.27. The smallest absolute Gasteiger partial charge is 0.322 e. The van der Waals surface area contributed by atoms with Crippen LogP contribution in [0.15, 0.2) is 66.7 Å². The number of anilines is 2. The van der Waals surface area contributed by atoms with Crippen molar-refractivity contribution < 1.29 is 17.9 Å². The highest BCUT2D eigenvalue weighted by Gasteiger charge is 2.28. The van der Waals surface area contributed by atoms with Crippen LogP contribution >= 0.6 is 11.3 Å². The number of nitrogens with zero attached hydrogens (tertiary/aromatic N) is 3. The third-order valence-corrected chi connectivity index (χ3v) is 9.02. The number of ether oxygens (including phenoxy) is 1. The van der Waals surface area contributed by atoms with Gasteiger partial charge in [-0.25, -0.2) is 18.2 Å². The second-order valence-electron chi connectivity index (χ2n) is 11.0. The molecule has 2 N–H and O–H groups in total. The molecule has 0 bridgehead atoms. The second kappa shape index (κ2) is 13.7. The van der Waals surface area contributed by atoms with Gasteiger partial charge in [-0.15, -0.1) is 11.3 Å². The number of amides is 2. The molecule has 0 spiro atoms. The van der Waals surface area contributed by atoms with Gasteiger partial charge in [0, 0.05) is 43.6 Å². The number of unbranched alkanes of at least 4 members (excludes halogenated alkanes) is 1. The van der Waals surface area contributed by atoms with Gasteiger partial charge in [-0.3, -0.25) is 9.62 Å². The molecule has 0 radical (unpaired) electrons. The molecule has 1 saturated heterocycles. The molecule has 0 aliphatic carbocycles. The lowest BCUT2D eigenvalue weighted by atomic mass is 10.0. The summed E-state index contributed by atoms with van der Waals surface area (Å²) in [4.78, 5) is 22.4. The van der Waals surface area contributed by atoms with Crippen LogP contribution in [0.2, 0.25) is 0 Å². The van der Waals surface area contributed by atoms with Crippen molar-refractivity contribution >= 4 is 49.0 Å². The largest absolute Gasteiger partial charge is 0.457 e. The molecule has 2 amide bonds. The number of carbonyl (C=O) groups is 1. The summed E-state index contributed by atoms with van der Waals surface area (Å²) in [5.74, 6) is 1.35. The van der Waals surface area contributed by atoms with Crippen molar-refractivity contribution in [1.29, 1.82) is 0 Å². The minimum atomic E-state index is -3.32. The number of rotatable bonds is 11. The van der Waals surface area contributed by atoms with E-state index >= 15 is 0 Å². The van der Waals surface area contributed by atoms with E-state index in [4.69, 9.17) is 4.74 Å². The van der Waals surface area contributed by atoms with Gasteiger partial charge in [0.25, 0.3) is 0 Å². The summed E-state index contributed by atoms with van der Waals surface area (Å²) in [5, 5.41) is 4.17. The van der Waals surface area contributed by atoms with Gasteiger partial charge in [-0.1, -0.05) is 25.5 Å². The van der Waals surface area contributed by atoms with E-state index in [2.05, 4.69) is 39.0 Å². The standard InChI is InChI=1S/C32H39N5O4S2/c1-4-5-18-37(32(38)34-26-10-15-30-31(21-26)42-23(2)33-30)27-16-19-36(20-17-27)22-24-6-11-28(12-7-24)41-29-13-8-25(9-14-29)35-43(3,39)40/h6-15,21,27,35H,4-5,16-20,22H2,1-3H3,(H,34,38). The van der Waals surface area contributed by atoms with Crippen molar-refractivity contribution in [2.75, 3.05) is 35.9 Å². The van der Waals surface area contributed by atoms with E-state index in [9.17, 15) is 13.2 Å². The van der Waals surface area contributed by atoms with Crippen LogP contribution < -0.4 is 14.8 Å². The van der Waals surface area contributed by atoms with E-state index in [1.807, 2.05) is 42.2 Å². The Kier molecular flexibility index (Phi) is 9.84. The Morgan fingerprint density at radius 1 is 1.02 bits per heavy atom. The Bertz CT molecular complexity index is 1630. The molecule has 3 aromatic carbocycles. The molecule has 2 heterocycles. The molecule has 1 aliphatic rings. The zero-order valence-corrected chi connectivity index (χ0v) is 26.5. The Labute approximate surface area is 257 Å². The third kappa shape index (κ3) is 8.68. The van der Waals surface area contributed by atoms with Crippen LogP contribution in [-0.2, 0) is 16.6 Å². The summed E-state index contributed by atoms with van der Waals surface area (Å²) in [6, 6.07) is 21.0. The van der Waals surface area contributed by atoms with Crippen molar-refractivity contribution in [3.05, 3.63) is 77.3 Å². The van der Waals surface area contributed by atoms with Crippen LogP contribution in [0.1, 0.15) is 43.2 Å². The number of carbonyl (C=O) groups excluding carboxylic acids is 1. The van der Waals surface area contributed by atoms with Crippen LogP contribution in [0.4, 0.5) is 16.2 Å². The highest BCUT2D eigenvalue weighted by molar-refractivity contribution is 7.92. The molecule has 0 unspecified atom stereocenters. The lowest BCUT2D eigenvalue weighted by Crippen LogP contribution is -2.49. The molecule has 1 aromatic heterocycles. The number of nitrogens with one attached hydrogen (secondary N) is 2. The first kappa shape index (κ1) is 30.8. The van der Waals surface area contributed by atoms with E-state index in [0.29, 0.717) is 17.2 Å². The summed E-state index contributed by atoms with van der Waals surface area (Å²) in [7, 11) is -3.32. The predicted octanol–water partition coefficient (Wildman–Crippen LogP) is 7.07. The number of thiazole rings is 1. The van der Waals surface area contributed by atoms with Gasteiger partial charge < -0.3 is 15.0 Å². The molecule has 43 heavy (non-hydrogen) atoms. The van der Waals surface area contributed by atoms with E-state index in [0.717, 1.165) is 79.0 Å². The zero-order chi connectivity index (χ0) is 30.4. The summed E-state index contributed by atoms with van der Waals surface area (Å²) in [6.07, 6.45) is 5.03. The number of urea groups is 1. The first-order valence-corrected chi connectivity index (χ1v) is 17.4. The van der Waals surface area contributed by atoms with Gasteiger partial charge in [0.1, 0.15) is 11.5 Å². The quantitative estimate of drug-likeness (QED) is 0.186. The van der Waals surface area contributed by atoms with Gasteiger partial charge in [0.05, 0.1) is 21.5 Å². The Balaban J connectivity index is 1.12. The number of piperidine rings is 1. The van der Waals surface area contributed by atoms with Crippen molar-refractivity contribution in [2.45, 2.75) is 52.1 Å². The van der Waals surface area contributed by atoms with E-state index in [1.165, 1.54) is 5.56 Å². The number of sulfonamides is 1. The predicted molar refractivity (Wildman–Crippen MR) is 175 cm³/mol. The molecule has 0 atom stereocenters. The minimum absolute atomic E-state index is 0.0237. The van der Waals surface area contributed by atoms with Gasteiger partial charge in [-0.05, 0) is 86.3 Å². The average molecular weight is 622 g/mol. The van der Waals surface area contributed by atoms with E-state index < -0.39 is 10.0 Å². The van der Waals surface area contributed by atoms with Crippen molar-refractivity contribution in [1.82, 2.24) is 14.8 Å². The number of hydrogen-bond donors (Lipinski definition) is 2. The fraction of sp³-hybridized carbons (Fsp3) is 0.375. The summed E-state index contributed by atoms with van der Waals surface area (Å²) < 4.78 is 32.2. The summed E-state index contributed by atoms with van der Waals surface area (Å²) in [5.41, 5.74) is 3.47. The molecule has 0 saturated carbocycles. The Hall–Kier alpha value is -3.67. The van der Waals surface area contributed by atoms with Gasteiger partial charge in [-0.2, -0.15) is 0 Å². The molecular weight excluding hydrogens is 583 g/mol. The zero-order valence-electron chi connectivity index (χ0n) is 24.9. The Morgan fingerprint density at radius 2 is 1.67 bits per heavy atom. The maximum atomic E-state index is 13.4. The number of hydrogen-bond acceptors (Lipinski definition) is 7. The lowest BCUT2D eigenvalue weighted by molar-refractivity contribution is 0.122. The normalized spacial score (nSPS) is 14.5. The van der Waals surface area contributed by atoms with Crippen LogP contribution in [0.25, 0.3) is 10.2 Å². The Morgan fingerprint density at radius 3 is 2.33 bits per heavy atom. The molecule has 1 aliphatic heterocycles. The van der Waals surface area contributed by atoms with Gasteiger partial charge in [0.15, 0.2) is 0 Å². The number of aromatic nitrogens is 1. The first-order valence-electron chi connectivity index (χ1n) is 14.7. The lowest BCUT2D eigenvalue weighted by Gasteiger charge is -2.38. The molecular formula is C32H39N5O4S2. The molecule has 11 heteroatoms. The van der Waals surface area contributed by atoms with Gasteiger partial charge in [0.2, 0.25) is 10.0 Å². The minimum Gasteiger partial charge on any atom is -0.457 e. The van der Waals surface area contributed by atoms with Gasteiger partial charge >= 0.3 is 6.03 Å². The molecule has 1 fully saturated rings. The van der Waals surface area contributed by atoms with Crippen molar-refractivity contribution in [3.8, 4) is 11.5 Å². The van der Waals surface area contributed by atoms with Crippen LogP contribution in [0.3, 0.4) is 0 Å². The molecule has 228 valence electrons. The van der Waals surface area contributed by atoms with E-state index in [-0.39, 0.29) is 12.1 Å². The van der Waals surface area contributed by atoms with Crippen LogP contribution in [0.5, 0.6) is 11.5 Å². The monoisotopic (exact) mass is 621 g/mol. The molecule has 5 rings (SSSR count). The fourth-order valence-electron chi connectivity index (χ4n) is 5.34. The summed E-state index contributed by atoms with van der Waals surface area (Å²) >= 11 is 1.64. The van der Waals surface area contributed by atoms with Crippen LogP contribution in [-0.4, -0.2) is 61.2 Å². The number of likely N-dealkylation sites (tertiary alicyclic amines) is 1. The first-order chi connectivity index (χ1) is 20.6. The number of aryl methyl sites for hydroxylation is 1. The van der Waals surface area contributed by atoms with E-state index in [1.54, 1.807) is 35.6 Å². The SMILES string of the molecule is CCCCN(C(=O)Nc1ccc2nc(C)sc2c1)C1CCN(Cc2ccc(Oc3ccc(NS(C)(=O)=O)cc3)cc2)CC1. The molecule has 4 aromatic rings. The average Bonchev–Trinajstić information content (AvgIpc) is 3.34. The molecule has 9 nitrogen and oxygen atoms in total. The maximum absolute atomic E-state index is 13.4. The fourth-order valence-corrected chi connectivity index (χ4v) is 6.77. The third-order valence-electron chi connectivity index (χ3n) is 7.48. The summed E-state index contributed by atoms with van der Waals surface area (Å²) in [6.45, 7) is 7.61. The second-order valence-corrected chi connectivity index (χ2v) is 14.0. The van der Waals surface area contributed by atoms with Crippen LogP contribution in [0, 0.1) is 6.92 Å². The highest BCUT2D eigenvalue weighted by atomic mass is 32.2. The van der Waals surface area contributed by atoms with Crippen molar-refractivity contribution in [3.63, 3.8) is 0 Å². The number of benzene rings is 3. The topological polar surface area (TPSA) is 104 Å². The maximum Gasteiger partial charge on any atom is 0.322 e.